The normalized spacial score (nSPS) is 25.6. The van der Waals surface area contributed by atoms with Crippen LogP contribution in [0.1, 0.15) is 24.8 Å². The van der Waals surface area contributed by atoms with Crippen LogP contribution in [0.5, 0.6) is 5.75 Å². The summed E-state index contributed by atoms with van der Waals surface area (Å²) < 4.78 is 27.5. The lowest BCUT2D eigenvalue weighted by Crippen LogP contribution is -2.10. The van der Waals surface area contributed by atoms with Gasteiger partial charge in [0, 0.05) is 11.5 Å². The lowest BCUT2D eigenvalue weighted by Gasteiger charge is -2.15. The van der Waals surface area contributed by atoms with E-state index in [2.05, 4.69) is 0 Å². The van der Waals surface area contributed by atoms with Gasteiger partial charge in [-0.15, -0.1) is 0 Å². The van der Waals surface area contributed by atoms with Crippen LogP contribution < -0.4 is 0 Å². The van der Waals surface area contributed by atoms with Crippen molar-refractivity contribution in [2.24, 2.45) is 11.8 Å². The van der Waals surface area contributed by atoms with Gasteiger partial charge in [0.25, 0.3) is 0 Å². The number of allylic oxidation sites excluding steroid dienone is 2. The smallest absolute Gasteiger partial charge is 0.202 e. The number of phenolic OH excluding ortho intramolecular Hbond substituents is 1. The van der Waals surface area contributed by atoms with Crippen molar-refractivity contribution in [3.8, 4) is 5.75 Å². The Morgan fingerprint density at radius 1 is 1.21 bits per heavy atom. The minimum absolute atomic E-state index is 0.0111. The number of carbonyl (C=O) groups is 1. The van der Waals surface area contributed by atoms with Crippen molar-refractivity contribution in [2.75, 3.05) is 0 Å². The Bertz CT molecular complexity index is 610. The molecule has 0 amide bonds. The van der Waals surface area contributed by atoms with Crippen LogP contribution in [-0.4, -0.2) is 10.9 Å². The Labute approximate surface area is 113 Å². The number of carbonyl (C=O) groups excluding carboxylic acids is 1. The summed E-state index contributed by atoms with van der Waals surface area (Å²) in [5.41, 5.74) is 0.494. The van der Waals surface area contributed by atoms with Crippen LogP contribution in [0.3, 0.4) is 0 Å². The molecule has 1 saturated carbocycles. The van der Waals surface area contributed by atoms with Gasteiger partial charge in [-0.3, -0.25) is 4.79 Å². The van der Waals surface area contributed by atoms with Gasteiger partial charge in [0.05, 0.1) is 5.02 Å². The molecule has 1 N–H and O–H groups in total. The molecule has 3 rings (SSSR count). The van der Waals surface area contributed by atoms with E-state index in [1.165, 1.54) is 12.1 Å². The molecule has 0 bridgehead atoms. The number of fused-ring (bicyclic) bond motifs is 1. The highest BCUT2D eigenvalue weighted by atomic mass is 35.5. The number of hydrogen-bond donors (Lipinski definition) is 1. The van der Waals surface area contributed by atoms with E-state index in [4.69, 9.17) is 11.6 Å². The highest BCUT2D eigenvalue weighted by Crippen LogP contribution is 2.48. The molecule has 2 unspecified atom stereocenters. The summed E-state index contributed by atoms with van der Waals surface area (Å²) in [4.78, 5) is 11.8. The number of phenols is 1. The second kappa shape index (κ2) is 4.30. The van der Waals surface area contributed by atoms with E-state index in [0.29, 0.717) is 5.57 Å². The Balaban J connectivity index is 2.13. The Morgan fingerprint density at radius 3 is 2.63 bits per heavy atom. The van der Waals surface area contributed by atoms with Gasteiger partial charge in [-0.05, 0) is 36.5 Å². The third-order valence-electron chi connectivity index (χ3n) is 4.02. The molecule has 19 heavy (non-hydrogen) atoms. The van der Waals surface area contributed by atoms with Gasteiger partial charge in [0.1, 0.15) is 0 Å². The molecule has 2 aliphatic carbocycles. The lowest BCUT2D eigenvalue weighted by atomic mass is 9.90. The van der Waals surface area contributed by atoms with E-state index in [1.807, 2.05) is 0 Å². The summed E-state index contributed by atoms with van der Waals surface area (Å²) >= 11 is 5.68. The fourth-order valence-electron chi connectivity index (χ4n) is 3.11. The summed E-state index contributed by atoms with van der Waals surface area (Å²) in [7, 11) is 0. The van der Waals surface area contributed by atoms with E-state index >= 15 is 0 Å². The fourth-order valence-corrected chi connectivity index (χ4v) is 3.31. The predicted molar refractivity (Wildman–Crippen MR) is 66.8 cm³/mol. The molecule has 1 aromatic rings. The zero-order valence-corrected chi connectivity index (χ0v) is 10.7. The monoisotopic (exact) mass is 284 g/mol. The molecule has 1 aromatic carbocycles. The second-order valence-corrected chi connectivity index (χ2v) is 5.44. The van der Waals surface area contributed by atoms with Crippen LogP contribution in [0.15, 0.2) is 12.1 Å². The SMILES string of the molecule is O=C1C=C(c2cc(Cl)c(O)c(F)c2F)C2CCCC12. The summed E-state index contributed by atoms with van der Waals surface area (Å²) in [6.07, 6.45) is 3.88. The first kappa shape index (κ1) is 12.6. The molecular weight excluding hydrogens is 274 g/mol. The summed E-state index contributed by atoms with van der Waals surface area (Å²) in [5, 5.41) is 9.01. The van der Waals surface area contributed by atoms with E-state index in [0.717, 1.165) is 19.3 Å². The van der Waals surface area contributed by atoms with Crippen molar-refractivity contribution in [3.63, 3.8) is 0 Å². The topological polar surface area (TPSA) is 37.3 Å². The van der Waals surface area contributed by atoms with E-state index < -0.39 is 17.4 Å². The molecule has 0 spiro atoms. The highest BCUT2D eigenvalue weighted by molar-refractivity contribution is 6.32. The van der Waals surface area contributed by atoms with Gasteiger partial charge < -0.3 is 5.11 Å². The van der Waals surface area contributed by atoms with Crippen LogP contribution in [0.25, 0.3) is 5.57 Å². The fraction of sp³-hybridized carbons (Fsp3) is 0.357. The molecule has 0 radical (unpaired) electrons. The first-order chi connectivity index (χ1) is 9.00. The maximum absolute atomic E-state index is 13.9. The summed E-state index contributed by atoms with van der Waals surface area (Å²) in [6.45, 7) is 0. The third-order valence-corrected chi connectivity index (χ3v) is 4.31. The third kappa shape index (κ3) is 1.77. The Hall–Kier alpha value is -1.42. The van der Waals surface area contributed by atoms with Gasteiger partial charge in [0.15, 0.2) is 17.3 Å². The molecule has 0 aliphatic heterocycles. The lowest BCUT2D eigenvalue weighted by molar-refractivity contribution is -0.117. The largest absolute Gasteiger partial charge is 0.504 e. The molecule has 0 aromatic heterocycles. The summed E-state index contributed by atoms with van der Waals surface area (Å²) in [6, 6.07) is 1.19. The maximum Gasteiger partial charge on any atom is 0.202 e. The second-order valence-electron chi connectivity index (χ2n) is 5.03. The first-order valence-electron chi connectivity index (χ1n) is 6.13. The van der Waals surface area contributed by atoms with Crippen LogP contribution in [-0.2, 0) is 4.79 Å². The number of halogens is 3. The van der Waals surface area contributed by atoms with Crippen molar-refractivity contribution in [1.29, 1.82) is 0 Å². The highest BCUT2D eigenvalue weighted by Gasteiger charge is 2.41. The van der Waals surface area contributed by atoms with Crippen LogP contribution in [0.4, 0.5) is 8.78 Å². The molecule has 2 aliphatic rings. The molecule has 2 atom stereocenters. The van der Waals surface area contributed by atoms with Crippen molar-refractivity contribution >= 4 is 23.0 Å². The van der Waals surface area contributed by atoms with Crippen molar-refractivity contribution < 1.29 is 18.7 Å². The number of ketones is 1. The van der Waals surface area contributed by atoms with Gasteiger partial charge in [0.2, 0.25) is 5.82 Å². The molecule has 0 heterocycles. The molecule has 0 saturated heterocycles. The molecule has 2 nitrogen and oxygen atoms in total. The van der Waals surface area contributed by atoms with Crippen LogP contribution in [0, 0.1) is 23.5 Å². The Morgan fingerprint density at radius 2 is 1.89 bits per heavy atom. The van der Waals surface area contributed by atoms with Crippen molar-refractivity contribution in [3.05, 3.63) is 34.4 Å². The summed E-state index contributed by atoms with van der Waals surface area (Å²) in [5.74, 6) is -3.59. The van der Waals surface area contributed by atoms with Gasteiger partial charge in [-0.2, -0.15) is 4.39 Å². The quantitative estimate of drug-likeness (QED) is 0.798. The van der Waals surface area contributed by atoms with Crippen molar-refractivity contribution in [2.45, 2.75) is 19.3 Å². The van der Waals surface area contributed by atoms with Crippen LogP contribution >= 0.6 is 11.6 Å². The molecule has 1 fully saturated rings. The average Bonchev–Trinajstić information content (AvgIpc) is 2.96. The van der Waals surface area contributed by atoms with Gasteiger partial charge >= 0.3 is 0 Å². The minimum atomic E-state index is -1.36. The van der Waals surface area contributed by atoms with E-state index in [1.54, 1.807) is 0 Å². The predicted octanol–water partition coefficient (Wildman–Crippen LogP) is 3.71. The Kier molecular flexibility index (Phi) is 2.86. The zero-order valence-electron chi connectivity index (χ0n) is 9.92. The first-order valence-corrected chi connectivity index (χ1v) is 6.50. The van der Waals surface area contributed by atoms with Gasteiger partial charge in [-0.25, -0.2) is 4.39 Å². The standard InChI is InChI=1S/C14H11ClF2O2/c15-10-4-9(12(16)13(17)14(10)19)8-5-11(18)7-3-1-2-6(7)8/h4-7,19H,1-3H2. The molecule has 100 valence electrons. The number of rotatable bonds is 1. The minimum Gasteiger partial charge on any atom is -0.504 e. The van der Waals surface area contributed by atoms with E-state index in [-0.39, 0.29) is 28.2 Å². The molecule has 5 heteroatoms. The zero-order chi connectivity index (χ0) is 13.7. The number of aromatic hydroxyl groups is 1. The average molecular weight is 285 g/mol. The van der Waals surface area contributed by atoms with E-state index in [9.17, 15) is 18.7 Å². The van der Waals surface area contributed by atoms with Gasteiger partial charge in [-0.1, -0.05) is 18.0 Å². The van der Waals surface area contributed by atoms with Crippen molar-refractivity contribution in [1.82, 2.24) is 0 Å². The number of benzene rings is 1. The van der Waals surface area contributed by atoms with Crippen LogP contribution in [0.2, 0.25) is 5.02 Å². The number of hydrogen-bond acceptors (Lipinski definition) is 2. The maximum atomic E-state index is 13.9. The molecular formula is C14H11ClF2O2.